The summed E-state index contributed by atoms with van der Waals surface area (Å²) in [5.41, 5.74) is 4.69. The van der Waals surface area contributed by atoms with E-state index in [4.69, 9.17) is 10.5 Å². The molecule has 0 unspecified atom stereocenters. The molecular weight excluding hydrogens is 176 g/mol. The van der Waals surface area contributed by atoms with Crippen molar-refractivity contribution in [3.63, 3.8) is 0 Å². The van der Waals surface area contributed by atoms with Gasteiger partial charge < -0.3 is 10.5 Å². The highest BCUT2D eigenvalue weighted by atomic mass is 17.2. The van der Waals surface area contributed by atoms with E-state index in [0.29, 0.717) is 6.61 Å². The number of nitrogens with two attached hydrogens (primary N) is 1. The predicted octanol–water partition coefficient (Wildman–Crippen LogP) is -0.655. The summed E-state index contributed by atoms with van der Waals surface area (Å²) in [5.74, 6) is 0. The molecule has 13 heavy (non-hydrogen) atoms. The number of hydrogen-bond acceptors (Lipinski definition) is 5. The van der Waals surface area contributed by atoms with E-state index in [-0.39, 0.29) is 0 Å². The molecule has 1 aliphatic rings. The van der Waals surface area contributed by atoms with Crippen molar-refractivity contribution >= 4 is 6.09 Å². The van der Waals surface area contributed by atoms with E-state index >= 15 is 0 Å². The minimum atomic E-state index is -0.915. The molecule has 0 atom stereocenters. The first-order chi connectivity index (χ1) is 6.29. The van der Waals surface area contributed by atoms with Crippen LogP contribution >= 0.6 is 0 Å². The first-order valence-corrected chi connectivity index (χ1v) is 4.18. The smallest absolute Gasteiger partial charge is 0.379 e. The Labute approximate surface area is 76.5 Å². The quantitative estimate of drug-likeness (QED) is 0.362. The van der Waals surface area contributed by atoms with Gasteiger partial charge in [0.15, 0.2) is 0 Å². The van der Waals surface area contributed by atoms with Crippen LogP contribution in [0.4, 0.5) is 4.79 Å². The number of amides is 1. The molecule has 0 bridgehead atoms. The summed E-state index contributed by atoms with van der Waals surface area (Å²) >= 11 is 0. The van der Waals surface area contributed by atoms with Gasteiger partial charge in [0.05, 0.1) is 13.2 Å². The molecule has 6 nitrogen and oxygen atoms in total. The van der Waals surface area contributed by atoms with Gasteiger partial charge in [0, 0.05) is 19.6 Å². The molecular formula is C7H14N2O4. The highest BCUT2D eigenvalue weighted by Gasteiger charge is 2.09. The first kappa shape index (κ1) is 10.2. The van der Waals surface area contributed by atoms with Gasteiger partial charge in [-0.25, -0.2) is 4.79 Å². The molecule has 0 aliphatic carbocycles. The lowest BCUT2D eigenvalue weighted by Gasteiger charge is -2.25. The molecule has 1 rings (SSSR count). The van der Waals surface area contributed by atoms with Crippen LogP contribution < -0.4 is 5.73 Å². The number of primary amides is 1. The molecule has 76 valence electrons. The molecule has 0 radical (unpaired) electrons. The maximum atomic E-state index is 10.1. The Hall–Kier alpha value is -0.850. The number of hydrogen-bond donors (Lipinski definition) is 1. The summed E-state index contributed by atoms with van der Waals surface area (Å²) in [7, 11) is 0. The van der Waals surface area contributed by atoms with Crippen LogP contribution in [0, 0.1) is 0 Å². The summed E-state index contributed by atoms with van der Waals surface area (Å²) < 4.78 is 5.16. The van der Waals surface area contributed by atoms with Crippen LogP contribution in [-0.4, -0.2) is 50.4 Å². The van der Waals surface area contributed by atoms with E-state index in [1.807, 2.05) is 0 Å². The zero-order valence-electron chi connectivity index (χ0n) is 7.40. The normalized spacial score (nSPS) is 18.5. The molecule has 1 heterocycles. The highest BCUT2D eigenvalue weighted by molar-refractivity contribution is 5.63. The first-order valence-electron chi connectivity index (χ1n) is 4.18. The Balaban J connectivity index is 1.95. The number of carbonyl (C=O) groups excluding carboxylic acids is 1. The minimum absolute atomic E-state index is 0.336. The van der Waals surface area contributed by atoms with Crippen molar-refractivity contribution in [2.24, 2.45) is 5.73 Å². The molecule has 1 aliphatic heterocycles. The van der Waals surface area contributed by atoms with E-state index in [0.717, 1.165) is 32.8 Å². The Morgan fingerprint density at radius 3 is 2.77 bits per heavy atom. The summed E-state index contributed by atoms with van der Waals surface area (Å²) in [5, 5.41) is 0. The van der Waals surface area contributed by atoms with E-state index in [1.54, 1.807) is 0 Å². The molecule has 6 heteroatoms. The van der Waals surface area contributed by atoms with Crippen LogP contribution in [0.2, 0.25) is 0 Å². The van der Waals surface area contributed by atoms with Gasteiger partial charge in [0.2, 0.25) is 0 Å². The Kier molecular flexibility index (Phi) is 4.52. The molecule has 0 aromatic rings. The Morgan fingerprint density at radius 1 is 1.46 bits per heavy atom. The lowest BCUT2D eigenvalue weighted by molar-refractivity contribution is -0.238. The van der Waals surface area contributed by atoms with Crippen LogP contribution in [-0.2, 0) is 14.5 Å². The van der Waals surface area contributed by atoms with E-state index in [9.17, 15) is 4.79 Å². The summed E-state index contributed by atoms with van der Waals surface area (Å²) in [4.78, 5) is 20.9. The van der Waals surface area contributed by atoms with Crippen molar-refractivity contribution in [1.82, 2.24) is 4.90 Å². The molecule has 0 saturated carbocycles. The van der Waals surface area contributed by atoms with Gasteiger partial charge in [-0.1, -0.05) is 0 Å². The van der Waals surface area contributed by atoms with Crippen LogP contribution in [0.25, 0.3) is 0 Å². The summed E-state index contributed by atoms with van der Waals surface area (Å²) in [6, 6.07) is 0. The van der Waals surface area contributed by atoms with Crippen LogP contribution in [0.15, 0.2) is 0 Å². The second-order valence-corrected chi connectivity index (χ2v) is 2.68. The fourth-order valence-electron chi connectivity index (χ4n) is 1.09. The summed E-state index contributed by atoms with van der Waals surface area (Å²) in [6.45, 7) is 4.33. The van der Waals surface area contributed by atoms with Crippen molar-refractivity contribution in [3.8, 4) is 0 Å². The average molecular weight is 190 g/mol. The lowest BCUT2D eigenvalue weighted by Crippen LogP contribution is -2.38. The van der Waals surface area contributed by atoms with Crippen molar-refractivity contribution in [2.45, 2.75) is 0 Å². The minimum Gasteiger partial charge on any atom is -0.379 e. The Bertz CT molecular complexity index is 159. The monoisotopic (exact) mass is 190 g/mol. The van der Waals surface area contributed by atoms with Gasteiger partial charge in [0.1, 0.15) is 6.61 Å². The predicted molar refractivity (Wildman–Crippen MR) is 43.9 cm³/mol. The molecule has 0 aromatic carbocycles. The topological polar surface area (TPSA) is 74.0 Å². The van der Waals surface area contributed by atoms with Gasteiger partial charge in [-0.05, 0) is 0 Å². The second kappa shape index (κ2) is 5.74. The number of carbonyl (C=O) groups is 1. The molecule has 1 amide bonds. The van der Waals surface area contributed by atoms with E-state index in [1.165, 1.54) is 0 Å². The number of rotatable bonds is 4. The van der Waals surface area contributed by atoms with Gasteiger partial charge in [-0.2, -0.15) is 4.89 Å². The second-order valence-electron chi connectivity index (χ2n) is 2.68. The highest BCUT2D eigenvalue weighted by Crippen LogP contribution is 1.95. The van der Waals surface area contributed by atoms with Gasteiger partial charge in [0.25, 0.3) is 0 Å². The van der Waals surface area contributed by atoms with Gasteiger partial charge in [-0.15, -0.1) is 0 Å². The lowest BCUT2D eigenvalue weighted by atomic mass is 10.4. The molecule has 0 aromatic heterocycles. The Morgan fingerprint density at radius 2 is 2.15 bits per heavy atom. The maximum absolute atomic E-state index is 10.1. The fourth-order valence-corrected chi connectivity index (χ4v) is 1.09. The van der Waals surface area contributed by atoms with Gasteiger partial charge in [-0.3, -0.25) is 9.79 Å². The van der Waals surface area contributed by atoms with Crippen molar-refractivity contribution < 1.29 is 19.3 Å². The standard InChI is InChI=1S/C7H14N2O4/c8-7(10)13-12-6-3-9-1-4-11-5-2-9/h1-6H2,(H2,8,10). The number of morpholine rings is 1. The molecule has 1 fully saturated rings. The maximum Gasteiger partial charge on any atom is 0.436 e. The molecule has 0 spiro atoms. The third-order valence-corrected chi connectivity index (χ3v) is 1.74. The van der Waals surface area contributed by atoms with Crippen molar-refractivity contribution in [2.75, 3.05) is 39.5 Å². The van der Waals surface area contributed by atoms with Crippen molar-refractivity contribution in [3.05, 3.63) is 0 Å². The SMILES string of the molecule is NC(=O)OOCCN1CCOCC1. The third kappa shape index (κ3) is 4.66. The molecule has 2 N–H and O–H groups in total. The number of ether oxygens (including phenoxy) is 1. The van der Waals surface area contributed by atoms with Crippen LogP contribution in [0.3, 0.4) is 0 Å². The summed E-state index contributed by atoms with van der Waals surface area (Å²) in [6.07, 6.45) is -0.915. The van der Waals surface area contributed by atoms with Crippen LogP contribution in [0.5, 0.6) is 0 Å². The van der Waals surface area contributed by atoms with E-state index in [2.05, 4.69) is 14.7 Å². The number of nitrogens with zero attached hydrogens (tertiary/aromatic N) is 1. The fraction of sp³-hybridized carbons (Fsp3) is 0.857. The zero-order valence-corrected chi connectivity index (χ0v) is 7.40. The van der Waals surface area contributed by atoms with E-state index < -0.39 is 6.09 Å². The zero-order chi connectivity index (χ0) is 9.52. The average Bonchev–Trinajstić information content (AvgIpc) is 2.14. The van der Waals surface area contributed by atoms with Crippen LogP contribution in [0.1, 0.15) is 0 Å². The van der Waals surface area contributed by atoms with Crippen molar-refractivity contribution in [1.29, 1.82) is 0 Å². The largest absolute Gasteiger partial charge is 0.436 e. The third-order valence-electron chi connectivity index (χ3n) is 1.74. The van der Waals surface area contributed by atoms with Gasteiger partial charge >= 0.3 is 6.09 Å². The molecule has 1 saturated heterocycles.